The number of nitrogens with zero attached hydrogens (tertiary/aromatic N) is 5. The zero-order valence-corrected chi connectivity index (χ0v) is 18.5. The topological polar surface area (TPSA) is 93.9 Å². The molecule has 1 aromatic rings. The first-order chi connectivity index (χ1) is 14.3. The number of hydrogen-bond donors (Lipinski definition) is 2. The van der Waals surface area contributed by atoms with E-state index < -0.39 is 0 Å². The van der Waals surface area contributed by atoms with Crippen molar-refractivity contribution in [3.63, 3.8) is 0 Å². The lowest BCUT2D eigenvalue weighted by atomic mass is 9.85. The zero-order chi connectivity index (χ0) is 21.8. The number of rotatable bonds is 8. The summed E-state index contributed by atoms with van der Waals surface area (Å²) in [5.41, 5.74) is 5.61. The zero-order valence-electron chi connectivity index (χ0n) is 18.5. The summed E-state index contributed by atoms with van der Waals surface area (Å²) in [6, 6.07) is 0. The summed E-state index contributed by atoms with van der Waals surface area (Å²) in [7, 11) is 3.72. The number of hydrogen-bond acceptors (Lipinski definition) is 7. The van der Waals surface area contributed by atoms with E-state index in [2.05, 4.69) is 15.5 Å². The van der Waals surface area contributed by atoms with Gasteiger partial charge in [-0.15, -0.1) is 0 Å². The number of aryl methyl sites for hydroxylation is 1. The first-order valence-electron chi connectivity index (χ1n) is 10.8. The summed E-state index contributed by atoms with van der Waals surface area (Å²) in [5, 5.41) is 16.4. The van der Waals surface area contributed by atoms with Gasteiger partial charge in [-0.3, -0.25) is 14.3 Å². The largest absolute Gasteiger partial charge is 0.504 e. The van der Waals surface area contributed by atoms with Crippen molar-refractivity contribution >= 4 is 12.2 Å². The third-order valence-electron chi connectivity index (χ3n) is 6.27. The molecule has 0 aromatic carbocycles. The monoisotopic (exact) mass is 418 g/mol. The van der Waals surface area contributed by atoms with Crippen LogP contribution in [0.1, 0.15) is 48.8 Å². The Kier molecular flexibility index (Phi) is 7.02. The average molecular weight is 419 g/mol. The van der Waals surface area contributed by atoms with Crippen LogP contribution < -0.4 is 5.43 Å². The quantitative estimate of drug-likeness (QED) is 0.373. The van der Waals surface area contributed by atoms with Crippen LogP contribution in [0, 0.1) is 12.8 Å². The highest BCUT2D eigenvalue weighted by Gasteiger charge is 2.29. The third kappa shape index (κ3) is 4.61. The highest BCUT2D eigenvalue weighted by atomic mass is 16.3. The average Bonchev–Trinajstić information content (AvgIpc) is 2.97. The molecule has 9 nitrogen and oxygen atoms in total. The smallest absolute Gasteiger partial charge is 0.278 e. The van der Waals surface area contributed by atoms with E-state index in [1.165, 1.54) is 23.9 Å². The molecule has 1 aromatic heterocycles. The maximum Gasteiger partial charge on any atom is 0.278 e. The molecule has 2 fully saturated rings. The fourth-order valence-corrected chi connectivity index (χ4v) is 4.03. The molecule has 0 atom stereocenters. The van der Waals surface area contributed by atoms with Gasteiger partial charge < -0.3 is 20.3 Å². The highest BCUT2D eigenvalue weighted by molar-refractivity contribution is 5.95. The van der Waals surface area contributed by atoms with Crippen LogP contribution >= 0.6 is 0 Å². The Balaban J connectivity index is 1.63. The van der Waals surface area contributed by atoms with Crippen LogP contribution in [-0.2, 0) is 11.8 Å². The fraction of sp³-hybridized carbons (Fsp3) is 0.667. The Morgan fingerprint density at radius 3 is 2.37 bits per heavy atom. The lowest BCUT2D eigenvalue weighted by molar-refractivity contribution is -0.106. The molecule has 1 amide bonds. The van der Waals surface area contributed by atoms with Crippen molar-refractivity contribution in [3.05, 3.63) is 22.8 Å². The van der Waals surface area contributed by atoms with Gasteiger partial charge >= 0.3 is 0 Å². The maximum absolute atomic E-state index is 12.8. The molecule has 9 heteroatoms. The summed E-state index contributed by atoms with van der Waals surface area (Å²) >= 11 is 0. The molecule has 166 valence electrons. The standard InChI is InChI=1S/C21H34N6O3/c1-5-17(22-24(3)13-16-7-6-8-16)18(14-28)26-9-11-27(12-10-26)21(30)19-20(29)15(2)25(4)23-19/h14,16,22,29H,5-13H2,1-4H3/b18-17+. The summed E-state index contributed by atoms with van der Waals surface area (Å²) in [4.78, 5) is 28.4. The van der Waals surface area contributed by atoms with Crippen LogP contribution in [0.4, 0.5) is 0 Å². The molecule has 2 N–H and O–H groups in total. The molecule has 0 bridgehead atoms. The minimum absolute atomic E-state index is 0.0645. The molecule has 0 unspecified atom stereocenters. The molecule has 1 saturated heterocycles. The fourth-order valence-electron chi connectivity index (χ4n) is 4.03. The first kappa shape index (κ1) is 22.1. The van der Waals surface area contributed by atoms with Gasteiger partial charge in [0.15, 0.2) is 17.7 Å². The Labute approximate surface area is 178 Å². The molecule has 3 rings (SSSR count). The van der Waals surface area contributed by atoms with Crippen LogP contribution in [0.5, 0.6) is 5.75 Å². The van der Waals surface area contributed by atoms with E-state index in [-0.39, 0.29) is 17.4 Å². The molecule has 2 heterocycles. The van der Waals surface area contributed by atoms with E-state index in [0.29, 0.717) is 37.6 Å². The van der Waals surface area contributed by atoms with Gasteiger partial charge in [0.2, 0.25) is 0 Å². The molecule has 1 aliphatic heterocycles. The third-order valence-corrected chi connectivity index (χ3v) is 6.27. The van der Waals surface area contributed by atoms with Gasteiger partial charge in [-0.05, 0) is 32.1 Å². The van der Waals surface area contributed by atoms with E-state index in [4.69, 9.17) is 0 Å². The lowest BCUT2D eigenvalue weighted by Gasteiger charge is -2.37. The Hall–Kier alpha value is -2.55. The Morgan fingerprint density at radius 1 is 1.27 bits per heavy atom. The molecule has 1 saturated carbocycles. The van der Waals surface area contributed by atoms with Crippen molar-refractivity contribution in [1.29, 1.82) is 0 Å². The second-order valence-electron chi connectivity index (χ2n) is 8.31. The van der Waals surface area contributed by atoms with Crippen molar-refractivity contribution < 1.29 is 14.7 Å². The van der Waals surface area contributed by atoms with E-state index in [0.717, 1.165) is 30.9 Å². The number of nitrogens with one attached hydrogen (secondary N) is 1. The number of carbonyl (C=O) groups is 2. The number of aromatic hydroxyl groups is 1. The number of allylic oxidation sites excluding steroid dienone is 2. The van der Waals surface area contributed by atoms with Gasteiger partial charge in [0, 0.05) is 46.8 Å². The highest BCUT2D eigenvalue weighted by Crippen LogP contribution is 2.27. The van der Waals surface area contributed by atoms with Crippen LogP contribution in [0.3, 0.4) is 0 Å². The number of amides is 1. The number of piperazine rings is 1. The molecule has 0 radical (unpaired) electrons. The van der Waals surface area contributed by atoms with Gasteiger partial charge in [0.25, 0.3) is 5.91 Å². The van der Waals surface area contributed by atoms with Crippen LogP contribution in [0.2, 0.25) is 0 Å². The normalized spacial score (nSPS) is 18.3. The van der Waals surface area contributed by atoms with Crippen LogP contribution in [-0.4, -0.2) is 81.7 Å². The maximum atomic E-state index is 12.8. The molecule has 1 aliphatic carbocycles. The van der Waals surface area contributed by atoms with Crippen LogP contribution in [0.15, 0.2) is 11.4 Å². The number of aromatic nitrogens is 2. The van der Waals surface area contributed by atoms with Crippen molar-refractivity contribution in [2.45, 2.75) is 39.5 Å². The Morgan fingerprint density at radius 2 is 1.90 bits per heavy atom. The predicted octanol–water partition coefficient (Wildman–Crippen LogP) is 1.25. The lowest BCUT2D eigenvalue weighted by Crippen LogP contribution is -2.49. The molecule has 0 spiro atoms. The van der Waals surface area contributed by atoms with Gasteiger partial charge in [-0.2, -0.15) is 5.10 Å². The second-order valence-corrected chi connectivity index (χ2v) is 8.31. The van der Waals surface area contributed by atoms with Gasteiger partial charge in [0.05, 0.1) is 17.1 Å². The van der Waals surface area contributed by atoms with E-state index in [9.17, 15) is 14.7 Å². The number of aldehydes is 1. The van der Waals surface area contributed by atoms with Gasteiger partial charge in [0.1, 0.15) is 0 Å². The van der Waals surface area contributed by atoms with E-state index >= 15 is 0 Å². The van der Waals surface area contributed by atoms with Crippen molar-refractivity contribution in [2.24, 2.45) is 13.0 Å². The molecular formula is C21H34N6O3. The van der Waals surface area contributed by atoms with E-state index in [1.807, 2.05) is 18.9 Å². The minimum atomic E-state index is -0.276. The number of carbonyl (C=O) groups excluding carboxylic acids is 2. The van der Waals surface area contributed by atoms with Gasteiger partial charge in [-0.1, -0.05) is 13.3 Å². The Bertz CT molecular complexity index is 806. The summed E-state index contributed by atoms with van der Waals surface area (Å²) in [5.74, 6) is 0.397. The minimum Gasteiger partial charge on any atom is -0.504 e. The van der Waals surface area contributed by atoms with Crippen LogP contribution in [0.25, 0.3) is 0 Å². The summed E-state index contributed by atoms with van der Waals surface area (Å²) in [6.07, 6.45) is 5.50. The number of hydrazine groups is 1. The van der Waals surface area contributed by atoms with Crippen molar-refractivity contribution in [3.8, 4) is 5.75 Å². The summed E-state index contributed by atoms with van der Waals surface area (Å²) in [6.45, 7) is 6.80. The van der Waals surface area contributed by atoms with Crippen molar-refractivity contribution in [1.82, 2.24) is 30.0 Å². The van der Waals surface area contributed by atoms with Crippen molar-refractivity contribution in [2.75, 3.05) is 39.8 Å². The molecular weight excluding hydrogens is 384 g/mol. The molecule has 2 aliphatic rings. The molecule has 30 heavy (non-hydrogen) atoms. The van der Waals surface area contributed by atoms with E-state index in [1.54, 1.807) is 18.9 Å². The second kappa shape index (κ2) is 9.51. The predicted molar refractivity (Wildman–Crippen MR) is 114 cm³/mol. The SMILES string of the molecule is CC/C(NN(C)CC1CCC1)=C(/C=O)N1CCN(C(=O)c2nn(C)c(C)c2O)CC1. The summed E-state index contributed by atoms with van der Waals surface area (Å²) < 4.78 is 1.51. The first-order valence-corrected chi connectivity index (χ1v) is 10.8. The van der Waals surface area contributed by atoms with Gasteiger partial charge in [-0.25, -0.2) is 5.01 Å².